The van der Waals surface area contributed by atoms with E-state index < -0.39 is 6.10 Å². The van der Waals surface area contributed by atoms with Crippen molar-refractivity contribution in [2.45, 2.75) is 52.7 Å². The van der Waals surface area contributed by atoms with Gasteiger partial charge in [-0.3, -0.25) is 0 Å². The predicted octanol–water partition coefficient (Wildman–Crippen LogP) is 2.13. The van der Waals surface area contributed by atoms with Gasteiger partial charge in [-0.25, -0.2) is 0 Å². The minimum atomic E-state index is -0.445. The van der Waals surface area contributed by atoms with Crippen molar-refractivity contribution in [3.63, 3.8) is 0 Å². The Morgan fingerprint density at radius 2 is 1.93 bits per heavy atom. The van der Waals surface area contributed by atoms with Crippen LogP contribution in [0.1, 0.15) is 40.5 Å². The Labute approximate surface area is 93.8 Å². The molecule has 2 N–H and O–H groups in total. The van der Waals surface area contributed by atoms with E-state index in [2.05, 4.69) is 26.0 Å². The van der Waals surface area contributed by atoms with Crippen LogP contribution in [0.25, 0.3) is 0 Å². The van der Waals surface area contributed by atoms with Gasteiger partial charge in [0.05, 0.1) is 25.4 Å². The zero-order chi connectivity index (χ0) is 12.1. The topological polar surface area (TPSA) is 49.7 Å². The van der Waals surface area contributed by atoms with E-state index in [-0.39, 0.29) is 12.7 Å². The molecule has 0 fully saturated rings. The van der Waals surface area contributed by atoms with Gasteiger partial charge in [-0.2, -0.15) is 0 Å². The zero-order valence-electron chi connectivity index (χ0n) is 10.4. The summed E-state index contributed by atoms with van der Waals surface area (Å²) in [5.74, 6) is 0. The van der Waals surface area contributed by atoms with Crippen molar-refractivity contribution in [2.24, 2.45) is 0 Å². The van der Waals surface area contributed by atoms with Crippen molar-refractivity contribution in [1.82, 2.24) is 0 Å². The number of hydrogen-bond acceptors (Lipinski definition) is 3. The molecule has 0 aliphatic heterocycles. The first-order valence-corrected chi connectivity index (χ1v) is 5.60. The molecule has 0 rings (SSSR count). The molecule has 0 aromatic carbocycles. The normalized spacial score (nSPS) is 14.5. The number of aliphatic hydroxyl groups excluding tert-OH is 2. The van der Waals surface area contributed by atoms with Crippen LogP contribution in [-0.2, 0) is 4.74 Å². The number of allylic oxidation sites excluding steroid dienone is 2. The zero-order valence-corrected chi connectivity index (χ0v) is 10.4. The molecule has 0 saturated carbocycles. The molecular weight excluding hydrogens is 192 g/mol. The van der Waals surface area contributed by atoms with Crippen LogP contribution in [0.4, 0.5) is 0 Å². The van der Waals surface area contributed by atoms with Gasteiger partial charge < -0.3 is 14.9 Å². The first-order valence-electron chi connectivity index (χ1n) is 5.60. The molecule has 3 heteroatoms. The van der Waals surface area contributed by atoms with Crippen molar-refractivity contribution >= 4 is 0 Å². The van der Waals surface area contributed by atoms with E-state index in [1.807, 2.05) is 0 Å². The highest BCUT2D eigenvalue weighted by Crippen LogP contribution is 1.90. The van der Waals surface area contributed by atoms with Gasteiger partial charge >= 0.3 is 0 Å². The fourth-order valence-corrected chi connectivity index (χ4v) is 0.690. The number of aliphatic hydroxyl groups is 2. The van der Waals surface area contributed by atoms with E-state index in [0.717, 1.165) is 0 Å². The number of unbranched alkanes of at least 4 members (excludes halogenated alkanes) is 1. The fourth-order valence-electron chi connectivity index (χ4n) is 0.690. The molecule has 0 aliphatic rings. The summed E-state index contributed by atoms with van der Waals surface area (Å²) in [5.41, 5.74) is 0. The van der Waals surface area contributed by atoms with E-state index in [0.29, 0.717) is 6.61 Å². The summed E-state index contributed by atoms with van der Waals surface area (Å²) in [7, 11) is 0. The van der Waals surface area contributed by atoms with E-state index in [9.17, 15) is 0 Å². The van der Waals surface area contributed by atoms with Crippen molar-refractivity contribution in [2.75, 3.05) is 13.2 Å². The summed E-state index contributed by atoms with van der Waals surface area (Å²) in [5, 5.41) is 17.1. The highest BCUT2D eigenvalue weighted by Gasteiger charge is 2.00. The summed E-state index contributed by atoms with van der Waals surface area (Å²) in [6.45, 7) is 7.93. The lowest BCUT2D eigenvalue weighted by Gasteiger charge is -2.10. The Balaban J connectivity index is 0. The first kappa shape index (κ1) is 17.0. The fraction of sp³-hybridized carbons (Fsp3) is 0.833. The minimum absolute atomic E-state index is 0.00667. The Kier molecular flexibility index (Phi) is 15.5. The summed E-state index contributed by atoms with van der Waals surface area (Å²) in [6.07, 6.45) is 6.16. The van der Waals surface area contributed by atoms with E-state index in [1.165, 1.54) is 12.8 Å². The third-order valence-corrected chi connectivity index (χ3v) is 1.57. The summed E-state index contributed by atoms with van der Waals surface area (Å²) in [4.78, 5) is 0. The van der Waals surface area contributed by atoms with Gasteiger partial charge in [0.2, 0.25) is 0 Å². The molecule has 15 heavy (non-hydrogen) atoms. The van der Waals surface area contributed by atoms with Crippen LogP contribution in [0.5, 0.6) is 0 Å². The average Bonchev–Trinajstić information content (AvgIpc) is 2.23. The highest BCUT2D eigenvalue weighted by atomic mass is 16.5. The Bertz CT molecular complexity index is 133. The number of ether oxygens (including phenoxy) is 1. The molecule has 92 valence electrons. The van der Waals surface area contributed by atoms with Gasteiger partial charge in [0.1, 0.15) is 0 Å². The van der Waals surface area contributed by atoms with Crippen LogP contribution >= 0.6 is 0 Å². The van der Waals surface area contributed by atoms with Crippen LogP contribution in [0.2, 0.25) is 0 Å². The second-order valence-electron chi connectivity index (χ2n) is 3.53. The first-order chi connectivity index (χ1) is 7.08. The molecule has 0 aliphatic carbocycles. The van der Waals surface area contributed by atoms with Crippen LogP contribution in [0, 0.1) is 0 Å². The lowest BCUT2D eigenvalue weighted by Crippen LogP contribution is -2.19. The lowest BCUT2D eigenvalue weighted by atomic mass is 10.3. The van der Waals surface area contributed by atoms with Crippen LogP contribution in [-0.4, -0.2) is 35.6 Å². The van der Waals surface area contributed by atoms with Gasteiger partial charge in [0.15, 0.2) is 0 Å². The third-order valence-electron chi connectivity index (χ3n) is 1.57. The van der Waals surface area contributed by atoms with Gasteiger partial charge in [-0.1, -0.05) is 25.5 Å². The molecule has 2 atom stereocenters. The van der Waals surface area contributed by atoms with Crippen LogP contribution in [0.3, 0.4) is 0 Å². The summed E-state index contributed by atoms with van der Waals surface area (Å²) in [6, 6.07) is 0. The second-order valence-corrected chi connectivity index (χ2v) is 3.53. The molecular formula is C12H26O3. The van der Waals surface area contributed by atoms with Crippen molar-refractivity contribution in [1.29, 1.82) is 0 Å². The third kappa shape index (κ3) is 19.9. The van der Waals surface area contributed by atoms with E-state index >= 15 is 0 Å². The molecule has 0 saturated heterocycles. The van der Waals surface area contributed by atoms with E-state index in [1.54, 1.807) is 13.8 Å². The monoisotopic (exact) mass is 218 g/mol. The molecule has 0 heterocycles. The number of rotatable bonds is 6. The maximum absolute atomic E-state index is 8.69. The lowest BCUT2D eigenvalue weighted by molar-refractivity contribution is -0.0177. The Hall–Kier alpha value is -0.380. The maximum atomic E-state index is 8.69. The largest absolute Gasteiger partial charge is 0.394 e. The minimum Gasteiger partial charge on any atom is -0.394 e. The van der Waals surface area contributed by atoms with Crippen LogP contribution in [0.15, 0.2) is 12.2 Å². The average molecular weight is 218 g/mol. The summed E-state index contributed by atoms with van der Waals surface area (Å²) >= 11 is 0. The standard InChI is InChI=1S/C6H14O3.C6H12/c1-5(8)4-9-6(2)3-7;1-3-5-6-4-2/h5-8H,3-4H2,1-2H3;3,5H,4,6H2,1-2H3. The quantitative estimate of drug-likeness (QED) is 0.671. The molecule has 0 aromatic rings. The van der Waals surface area contributed by atoms with Crippen LogP contribution < -0.4 is 0 Å². The Morgan fingerprint density at radius 1 is 1.33 bits per heavy atom. The highest BCUT2D eigenvalue weighted by molar-refractivity contribution is 4.75. The van der Waals surface area contributed by atoms with Gasteiger partial charge in [0.25, 0.3) is 0 Å². The SMILES string of the molecule is CC(O)COC(C)CO.CC=CCCC. The van der Waals surface area contributed by atoms with Gasteiger partial charge in [0, 0.05) is 0 Å². The Morgan fingerprint density at radius 3 is 2.20 bits per heavy atom. The van der Waals surface area contributed by atoms with E-state index in [4.69, 9.17) is 14.9 Å². The molecule has 3 nitrogen and oxygen atoms in total. The molecule has 0 radical (unpaired) electrons. The molecule has 0 bridgehead atoms. The molecule has 2 unspecified atom stereocenters. The van der Waals surface area contributed by atoms with Gasteiger partial charge in [-0.05, 0) is 27.2 Å². The smallest absolute Gasteiger partial charge is 0.0779 e. The predicted molar refractivity (Wildman–Crippen MR) is 63.9 cm³/mol. The molecule has 0 spiro atoms. The molecule has 0 amide bonds. The van der Waals surface area contributed by atoms with Gasteiger partial charge in [-0.15, -0.1) is 0 Å². The second kappa shape index (κ2) is 13.6. The van der Waals surface area contributed by atoms with Crippen molar-refractivity contribution in [3.05, 3.63) is 12.2 Å². The number of hydrogen-bond donors (Lipinski definition) is 2. The van der Waals surface area contributed by atoms with Crippen molar-refractivity contribution in [3.8, 4) is 0 Å². The van der Waals surface area contributed by atoms with Crippen molar-refractivity contribution < 1.29 is 14.9 Å². The molecule has 0 aromatic heterocycles. The summed E-state index contributed by atoms with van der Waals surface area (Å²) < 4.78 is 4.95. The maximum Gasteiger partial charge on any atom is 0.0779 e.